The number of hydrogen-bond acceptors (Lipinski definition) is 6. The molecule has 0 bridgehead atoms. The third-order valence-corrected chi connectivity index (χ3v) is 6.03. The third-order valence-electron chi connectivity index (χ3n) is 6.03. The molecule has 6 N–H and O–H groups in total. The zero-order chi connectivity index (χ0) is 22.3. The molecule has 32 heavy (non-hydrogen) atoms. The molecule has 0 unspecified atom stereocenters. The molecule has 5 atom stereocenters. The molecule has 3 aromatic rings. The summed E-state index contributed by atoms with van der Waals surface area (Å²) in [6.07, 6.45) is 0.433. The van der Waals surface area contributed by atoms with Gasteiger partial charge in [0.15, 0.2) is 6.29 Å². The van der Waals surface area contributed by atoms with Crippen molar-refractivity contribution in [1.82, 2.24) is 0 Å². The first-order valence-corrected chi connectivity index (χ1v) is 11.3. The van der Waals surface area contributed by atoms with Crippen LogP contribution in [0, 0.1) is 0 Å². The Morgan fingerprint density at radius 2 is 1.53 bits per heavy atom. The second-order valence-corrected chi connectivity index (χ2v) is 8.35. The van der Waals surface area contributed by atoms with Gasteiger partial charge in [0.1, 0.15) is 0 Å². The van der Waals surface area contributed by atoms with Gasteiger partial charge < -0.3 is 31.4 Å². The second kappa shape index (κ2) is 11.0. The fourth-order valence-corrected chi connectivity index (χ4v) is 4.20. The maximum Gasteiger partial charge on any atom is 0.175 e. The van der Waals surface area contributed by atoms with E-state index in [0.29, 0.717) is 13.2 Å². The molecule has 3 aromatic carbocycles. The second-order valence-electron chi connectivity index (χ2n) is 8.35. The van der Waals surface area contributed by atoms with E-state index in [4.69, 9.17) is 31.4 Å². The average molecular weight is 436 g/mol. The molecule has 0 aliphatic carbocycles. The first-order chi connectivity index (χ1) is 15.7. The first kappa shape index (κ1) is 22.9. The summed E-state index contributed by atoms with van der Waals surface area (Å²) in [4.78, 5) is 0. The molecule has 1 saturated heterocycles. The number of fused-ring (bicyclic) bond motifs is 1. The van der Waals surface area contributed by atoms with Gasteiger partial charge in [-0.05, 0) is 40.8 Å². The highest BCUT2D eigenvalue weighted by Gasteiger charge is 2.43. The highest BCUT2D eigenvalue weighted by molar-refractivity contribution is 5.82. The highest BCUT2D eigenvalue weighted by Crippen LogP contribution is 2.24. The molecular weight excluding hydrogens is 402 g/mol. The summed E-state index contributed by atoms with van der Waals surface area (Å²) in [7, 11) is 0. The number of benzene rings is 3. The summed E-state index contributed by atoms with van der Waals surface area (Å²) >= 11 is 0. The van der Waals surface area contributed by atoms with Crippen LogP contribution in [0.4, 0.5) is 0 Å². The maximum atomic E-state index is 6.48. The molecule has 0 radical (unpaired) electrons. The van der Waals surface area contributed by atoms with Gasteiger partial charge in [0.25, 0.3) is 0 Å². The zero-order valence-corrected chi connectivity index (χ0v) is 18.3. The van der Waals surface area contributed by atoms with Crippen molar-refractivity contribution in [2.75, 3.05) is 13.2 Å². The summed E-state index contributed by atoms with van der Waals surface area (Å²) in [5.74, 6) is 0. The van der Waals surface area contributed by atoms with Crippen molar-refractivity contribution in [3.63, 3.8) is 0 Å². The van der Waals surface area contributed by atoms with Crippen molar-refractivity contribution in [3.05, 3.63) is 83.9 Å². The van der Waals surface area contributed by atoms with Gasteiger partial charge in [-0.2, -0.15) is 0 Å². The molecule has 1 aliphatic rings. The van der Waals surface area contributed by atoms with E-state index in [-0.39, 0.29) is 12.6 Å². The first-order valence-electron chi connectivity index (χ1n) is 11.3. The minimum Gasteiger partial charge on any atom is -0.370 e. The Labute approximate surface area is 189 Å². The SMILES string of the molecule is NC[C@H]1O[C@@H](OCCCc2ccccc2)[C@H](N)[C@@H](OCc2ccc3ccccc3c2)[C@H]1N. The van der Waals surface area contributed by atoms with Crippen LogP contribution in [0.5, 0.6) is 0 Å². The molecule has 6 nitrogen and oxygen atoms in total. The normalized spacial score (nSPS) is 25.8. The standard InChI is InChI=1S/C26H33N3O3/c27-16-22-23(28)25(31-17-19-12-13-20-10-4-5-11-21(20)15-19)24(29)26(32-22)30-14-6-9-18-7-2-1-3-8-18/h1-5,7-8,10-13,15,22-26H,6,9,14,16-17,27-29H2/t22-,23+,24-,25+,26-/m1/s1. The number of nitrogens with two attached hydrogens (primary N) is 3. The minimum absolute atomic E-state index is 0.285. The highest BCUT2D eigenvalue weighted by atomic mass is 16.7. The fraction of sp³-hybridized carbons (Fsp3) is 0.385. The monoisotopic (exact) mass is 435 g/mol. The molecule has 170 valence electrons. The van der Waals surface area contributed by atoms with Crippen LogP contribution >= 0.6 is 0 Å². The van der Waals surface area contributed by atoms with Gasteiger partial charge in [0, 0.05) is 6.54 Å². The molecule has 0 spiro atoms. The van der Waals surface area contributed by atoms with Gasteiger partial charge >= 0.3 is 0 Å². The number of hydrogen-bond donors (Lipinski definition) is 3. The topological polar surface area (TPSA) is 106 Å². The van der Waals surface area contributed by atoms with Crippen LogP contribution in [0.2, 0.25) is 0 Å². The van der Waals surface area contributed by atoms with E-state index in [1.807, 2.05) is 30.3 Å². The van der Waals surface area contributed by atoms with E-state index in [1.165, 1.54) is 16.3 Å². The lowest BCUT2D eigenvalue weighted by atomic mass is 9.95. The lowest BCUT2D eigenvalue weighted by Crippen LogP contribution is -2.66. The van der Waals surface area contributed by atoms with Crippen LogP contribution in [-0.2, 0) is 27.2 Å². The van der Waals surface area contributed by atoms with E-state index < -0.39 is 24.5 Å². The molecule has 1 aliphatic heterocycles. The zero-order valence-electron chi connectivity index (χ0n) is 18.3. The summed E-state index contributed by atoms with van der Waals surface area (Å²) in [5, 5.41) is 2.37. The number of ether oxygens (including phenoxy) is 3. The predicted molar refractivity (Wildman–Crippen MR) is 127 cm³/mol. The van der Waals surface area contributed by atoms with Crippen LogP contribution in [0.25, 0.3) is 10.8 Å². The molecule has 4 rings (SSSR count). The van der Waals surface area contributed by atoms with Gasteiger partial charge in [0.2, 0.25) is 0 Å². The van der Waals surface area contributed by atoms with E-state index in [1.54, 1.807) is 0 Å². The molecular formula is C26H33N3O3. The predicted octanol–water partition coefficient (Wildman–Crippen LogP) is 2.71. The maximum absolute atomic E-state index is 6.48. The fourth-order valence-electron chi connectivity index (χ4n) is 4.20. The Hall–Kier alpha value is -2.32. The van der Waals surface area contributed by atoms with Gasteiger partial charge in [-0.1, -0.05) is 66.7 Å². The van der Waals surface area contributed by atoms with Gasteiger partial charge in [-0.15, -0.1) is 0 Å². The van der Waals surface area contributed by atoms with Crippen LogP contribution in [0.1, 0.15) is 17.5 Å². The van der Waals surface area contributed by atoms with Gasteiger partial charge in [-0.3, -0.25) is 0 Å². The third kappa shape index (κ3) is 5.53. The molecule has 0 amide bonds. The Balaban J connectivity index is 1.35. The van der Waals surface area contributed by atoms with Crippen molar-refractivity contribution >= 4 is 10.8 Å². The largest absolute Gasteiger partial charge is 0.370 e. The van der Waals surface area contributed by atoms with Crippen molar-refractivity contribution in [1.29, 1.82) is 0 Å². The Morgan fingerprint density at radius 1 is 0.781 bits per heavy atom. The van der Waals surface area contributed by atoms with Gasteiger partial charge in [0.05, 0.1) is 37.5 Å². The minimum atomic E-state index is -0.597. The van der Waals surface area contributed by atoms with E-state index in [2.05, 4.69) is 42.5 Å². The molecule has 1 fully saturated rings. The molecule has 1 heterocycles. The van der Waals surface area contributed by atoms with E-state index in [9.17, 15) is 0 Å². The molecule has 0 saturated carbocycles. The van der Waals surface area contributed by atoms with Gasteiger partial charge in [-0.25, -0.2) is 0 Å². The van der Waals surface area contributed by atoms with Crippen LogP contribution < -0.4 is 17.2 Å². The smallest absolute Gasteiger partial charge is 0.175 e. The van der Waals surface area contributed by atoms with Crippen molar-refractivity contribution < 1.29 is 14.2 Å². The summed E-state index contributed by atoms with van der Waals surface area (Å²) in [5.41, 5.74) is 21.1. The Kier molecular flexibility index (Phi) is 7.86. The summed E-state index contributed by atoms with van der Waals surface area (Å²) in [6.45, 7) is 1.24. The van der Waals surface area contributed by atoms with Crippen molar-refractivity contribution in [2.24, 2.45) is 17.2 Å². The Bertz CT molecular complexity index is 984. The van der Waals surface area contributed by atoms with Crippen LogP contribution in [0.3, 0.4) is 0 Å². The van der Waals surface area contributed by atoms with Crippen LogP contribution in [0.15, 0.2) is 72.8 Å². The quantitative estimate of drug-likeness (QED) is 0.446. The molecule has 0 aromatic heterocycles. The Morgan fingerprint density at radius 3 is 2.31 bits per heavy atom. The lowest BCUT2D eigenvalue weighted by Gasteiger charge is -2.43. The van der Waals surface area contributed by atoms with Crippen molar-refractivity contribution in [2.45, 2.75) is 50.0 Å². The number of aryl methyl sites for hydroxylation is 1. The summed E-state index contributed by atoms with van der Waals surface area (Å²) in [6, 6.07) is 24.0. The summed E-state index contributed by atoms with van der Waals surface area (Å²) < 4.78 is 18.2. The van der Waals surface area contributed by atoms with E-state index >= 15 is 0 Å². The van der Waals surface area contributed by atoms with Crippen LogP contribution in [-0.4, -0.2) is 43.7 Å². The average Bonchev–Trinajstić information content (AvgIpc) is 2.83. The molecule has 6 heteroatoms. The number of rotatable bonds is 9. The lowest BCUT2D eigenvalue weighted by molar-refractivity contribution is -0.237. The van der Waals surface area contributed by atoms with Crippen molar-refractivity contribution in [3.8, 4) is 0 Å². The van der Waals surface area contributed by atoms with E-state index in [0.717, 1.165) is 18.4 Å².